The third kappa shape index (κ3) is 2.87. The van der Waals surface area contributed by atoms with Crippen LogP contribution < -0.4 is 5.32 Å². The molecule has 0 atom stereocenters. The normalized spacial score (nSPS) is 8.82. The van der Waals surface area contributed by atoms with E-state index in [1.54, 1.807) is 12.4 Å². The van der Waals surface area contributed by atoms with Gasteiger partial charge in [0.1, 0.15) is 0 Å². The number of aromatic amines is 1. The topological polar surface area (TPSA) is 40.7 Å². The van der Waals surface area contributed by atoms with Crippen molar-refractivity contribution < 1.29 is 0 Å². The van der Waals surface area contributed by atoms with Crippen molar-refractivity contribution in [2.45, 2.75) is 6.42 Å². The van der Waals surface area contributed by atoms with Gasteiger partial charge >= 0.3 is 0 Å². The van der Waals surface area contributed by atoms with Gasteiger partial charge in [-0.15, -0.1) is 0 Å². The van der Waals surface area contributed by atoms with E-state index in [4.69, 9.17) is 0 Å². The molecule has 0 bridgehead atoms. The van der Waals surface area contributed by atoms with Gasteiger partial charge in [-0.05, 0) is 13.0 Å². The van der Waals surface area contributed by atoms with Crippen molar-refractivity contribution >= 4 is 0 Å². The molecule has 0 aliphatic heterocycles. The van der Waals surface area contributed by atoms with Crippen molar-refractivity contribution in [3.05, 3.63) is 18.2 Å². The van der Waals surface area contributed by atoms with Gasteiger partial charge in [0, 0.05) is 25.4 Å². The number of nitrogens with zero attached hydrogens (tertiary/aromatic N) is 1. The fourth-order valence-corrected chi connectivity index (χ4v) is 0.667. The van der Waals surface area contributed by atoms with Crippen LogP contribution in [0.3, 0.4) is 0 Å². The van der Waals surface area contributed by atoms with Crippen molar-refractivity contribution in [3.8, 4) is 11.8 Å². The summed E-state index contributed by atoms with van der Waals surface area (Å²) < 4.78 is 0. The largest absolute Gasteiger partial charge is 0.338 e. The molecule has 1 heterocycles. The summed E-state index contributed by atoms with van der Waals surface area (Å²) in [6.45, 7) is 0.924. The minimum Gasteiger partial charge on any atom is -0.338 e. The average Bonchev–Trinajstić information content (AvgIpc) is 2.50. The van der Waals surface area contributed by atoms with Crippen LogP contribution in [-0.4, -0.2) is 23.6 Å². The standard InChI is InChI=1S/C8H11N3/c1-9-5-3-2-4-8-10-6-7-11-8/h6-7,9H,3,5H2,1H3,(H,10,11). The lowest BCUT2D eigenvalue weighted by molar-refractivity contribution is 0.818. The molecule has 0 fully saturated rings. The first-order chi connectivity index (χ1) is 5.43. The van der Waals surface area contributed by atoms with Gasteiger partial charge < -0.3 is 10.3 Å². The van der Waals surface area contributed by atoms with Gasteiger partial charge in [0.25, 0.3) is 0 Å². The smallest absolute Gasteiger partial charge is 0.182 e. The molecule has 0 saturated carbocycles. The molecular weight excluding hydrogens is 138 g/mol. The molecule has 1 rings (SSSR count). The second-order valence-corrected chi connectivity index (χ2v) is 2.09. The van der Waals surface area contributed by atoms with E-state index in [1.807, 2.05) is 7.05 Å². The first-order valence-electron chi connectivity index (χ1n) is 3.56. The van der Waals surface area contributed by atoms with Gasteiger partial charge in [-0.2, -0.15) is 0 Å². The molecule has 11 heavy (non-hydrogen) atoms. The summed E-state index contributed by atoms with van der Waals surface area (Å²) in [5.41, 5.74) is 0. The van der Waals surface area contributed by atoms with Crippen LogP contribution in [0.5, 0.6) is 0 Å². The molecular formula is C8H11N3. The minimum absolute atomic E-state index is 0.737. The fourth-order valence-electron chi connectivity index (χ4n) is 0.667. The zero-order chi connectivity index (χ0) is 7.94. The Labute approximate surface area is 66.2 Å². The SMILES string of the molecule is CNCCC#Cc1ncc[nH]1. The Morgan fingerprint density at radius 3 is 3.27 bits per heavy atom. The first kappa shape index (κ1) is 7.83. The summed E-state index contributed by atoms with van der Waals surface area (Å²) in [6.07, 6.45) is 4.32. The summed E-state index contributed by atoms with van der Waals surface area (Å²) in [7, 11) is 1.91. The highest BCUT2D eigenvalue weighted by Crippen LogP contribution is 1.83. The van der Waals surface area contributed by atoms with E-state index in [2.05, 4.69) is 27.1 Å². The Kier molecular flexibility index (Phi) is 3.23. The van der Waals surface area contributed by atoms with Crippen molar-refractivity contribution in [1.29, 1.82) is 0 Å². The molecule has 0 aliphatic rings. The van der Waals surface area contributed by atoms with Gasteiger partial charge in [0.2, 0.25) is 0 Å². The summed E-state index contributed by atoms with van der Waals surface area (Å²) in [6, 6.07) is 0. The molecule has 1 aromatic rings. The van der Waals surface area contributed by atoms with E-state index in [-0.39, 0.29) is 0 Å². The number of hydrogen-bond donors (Lipinski definition) is 2. The van der Waals surface area contributed by atoms with E-state index in [0.717, 1.165) is 18.8 Å². The molecule has 0 aliphatic carbocycles. The highest BCUT2D eigenvalue weighted by atomic mass is 14.9. The van der Waals surface area contributed by atoms with Crippen LogP contribution in [0, 0.1) is 11.8 Å². The van der Waals surface area contributed by atoms with E-state index in [1.165, 1.54) is 0 Å². The Bertz CT molecular complexity index is 240. The molecule has 0 saturated heterocycles. The number of hydrogen-bond acceptors (Lipinski definition) is 2. The monoisotopic (exact) mass is 149 g/mol. The summed E-state index contributed by atoms with van der Waals surface area (Å²) in [5, 5.41) is 3.01. The van der Waals surface area contributed by atoms with Gasteiger partial charge in [0.15, 0.2) is 5.82 Å². The highest BCUT2D eigenvalue weighted by Gasteiger charge is 1.82. The van der Waals surface area contributed by atoms with Gasteiger partial charge in [0.05, 0.1) is 0 Å². The lowest BCUT2D eigenvalue weighted by Gasteiger charge is -1.86. The van der Waals surface area contributed by atoms with Crippen molar-refractivity contribution in [2.75, 3.05) is 13.6 Å². The lowest BCUT2D eigenvalue weighted by Crippen LogP contribution is -2.05. The van der Waals surface area contributed by atoms with E-state index >= 15 is 0 Å². The Hall–Kier alpha value is -1.27. The number of nitrogens with one attached hydrogen (secondary N) is 2. The van der Waals surface area contributed by atoms with Gasteiger partial charge in [-0.25, -0.2) is 4.98 Å². The molecule has 0 spiro atoms. The molecule has 3 heteroatoms. The zero-order valence-electron chi connectivity index (χ0n) is 6.52. The molecule has 1 aromatic heterocycles. The first-order valence-corrected chi connectivity index (χ1v) is 3.56. The zero-order valence-corrected chi connectivity index (χ0v) is 6.52. The molecule has 0 radical (unpaired) electrons. The summed E-state index contributed by atoms with van der Waals surface area (Å²) in [4.78, 5) is 6.87. The molecule has 2 N–H and O–H groups in total. The van der Waals surface area contributed by atoms with Crippen molar-refractivity contribution in [3.63, 3.8) is 0 Å². The summed E-state index contributed by atoms with van der Waals surface area (Å²) >= 11 is 0. The van der Waals surface area contributed by atoms with E-state index in [9.17, 15) is 0 Å². The fraction of sp³-hybridized carbons (Fsp3) is 0.375. The van der Waals surface area contributed by atoms with Crippen LogP contribution in [-0.2, 0) is 0 Å². The van der Waals surface area contributed by atoms with Crippen LogP contribution in [0.4, 0.5) is 0 Å². The Morgan fingerprint density at radius 1 is 1.73 bits per heavy atom. The third-order valence-electron chi connectivity index (χ3n) is 1.21. The molecule has 0 unspecified atom stereocenters. The van der Waals surface area contributed by atoms with Crippen LogP contribution in [0.2, 0.25) is 0 Å². The maximum atomic E-state index is 3.96. The van der Waals surface area contributed by atoms with Crippen LogP contribution in [0.25, 0.3) is 0 Å². The second kappa shape index (κ2) is 4.53. The third-order valence-corrected chi connectivity index (χ3v) is 1.21. The highest BCUT2D eigenvalue weighted by molar-refractivity contribution is 5.19. The minimum atomic E-state index is 0.737. The quantitative estimate of drug-likeness (QED) is 0.471. The Balaban J connectivity index is 2.33. The molecule has 0 aromatic carbocycles. The van der Waals surface area contributed by atoms with Crippen molar-refractivity contribution in [1.82, 2.24) is 15.3 Å². The molecule has 3 nitrogen and oxygen atoms in total. The van der Waals surface area contributed by atoms with Crippen LogP contribution >= 0.6 is 0 Å². The predicted molar refractivity (Wildman–Crippen MR) is 44.0 cm³/mol. The number of imidazole rings is 1. The number of H-pyrrole nitrogens is 1. The predicted octanol–water partition coefficient (Wildman–Crippen LogP) is 0.371. The van der Waals surface area contributed by atoms with E-state index < -0.39 is 0 Å². The molecule has 0 amide bonds. The maximum Gasteiger partial charge on any atom is 0.182 e. The van der Waals surface area contributed by atoms with Crippen LogP contribution in [0.15, 0.2) is 12.4 Å². The number of rotatable bonds is 2. The van der Waals surface area contributed by atoms with Crippen LogP contribution in [0.1, 0.15) is 12.2 Å². The molecule has 58 valence electrons. The summed E-state index contributed by atoms with van der Waals surface area (Å²) in [5.74, 6) is 6.62. The second-order valence-electron chi connectivity index (χ2n) is 2.09. The lowest BCUT2D eigenvalue weighted by atomic mass is 10.4. The van der Waals surface area contributed by atoms with Gasteiger partial charge in [-0.3, -0.25) is 0 Å². The Morgan fingerprint density at radius 2 is 2.64 bits per heavy atom. The van der Waals surface area contributed by atoms with Gasteiger partial charge in [-0.1, -0.05) is 5.92 Å². The van der Waals surface area contributed by atoms with E-state index in [0.29, 0.717) is 0 Å². The number of aromatic nitrogens is 2. The average molecular weight is 149 g/mol. The maximum absolute atomic E-state index is 3.96. The van der Waals surface area contributed by atoms with Crippen molar-refractivity contribution in [2.24, 2.45) is 0 Å².